The number of thioether (sulfide) groups is 1. The summed E-state index contributed by atoms with van der Waals surface area (Å²) in [5.41, 5.74) is 7.82. The molecule has 3 heteroatoms. The van der Waals surface area contributed by atoms with Crippen LogP contribution in [0.5, 0.6) is 0 Å². The summed E-state index contributed by atoms with van der Waals surface area (Å²) in [4.78, 5) is 4.37. The molecule has 3 unspecified atom stereocenters. The summed E-state index contributed by atoms with van der Waals surface area (Å²) < 4.78 is 0. The first-order chi connectivity index (χ1) is 4.86. The summed E-state index contributed by atoms with van der Waals surface area (Å²) in [6, 6.07) is 1.04. The summed E-state index contributed by atoms with van der Waals surface area (Å²) in [7, 11) is 0. The molecule has 0 bridgehead atoms. The van der Waals surface area contributed by atoms with E-state index in [2.05, 4.69) is 4.99 Å². The Hall–Kier alpha value is -0.0200. The molecule has 1 aliphatic heterocycles. The van der Waals surface area contributed by atoms with Crippen LogP contribution in [0.2, 0.25) is 0 Å². The molecule has 0 amide bonds. The first kappa shape index (κ1) is 6.68. The smallest absolute Gasteiger partial charge is 0.0629 e. The molecule has 2 rings (SSSR count). The van der Waals surface area contributed by atoms with Gasteiger partial charge in [-0.15, -0.1) is 11.8 Å². The van der Waals surface area contributed by atoms with Gasteiger partial charge in [0.15, 0.2) is 0 Å². The van der Waals surface area contributed by atoms with E-state index in [1.807, 2.05) is 17.3 Å². The summed E-state index contributed by atoms with van der Waals surface area (Å²) in [5, 5.41) is 0.712. The number of nitrogens with zero attached hydrogens (tertiary/aromatic N) is 1. The van der Waals surface area contributed by atoms with Crippen LogP contribution >= 0.6 is 11.8 Å². The van der Waals surface area contributed by atoms with E-state index in [4.69, 9.17) is 5.73 Å². The Morgan fingerprint density at radius 3 is 3.30 bits per heavy atom. The summed E-state index contributed by atoms with van der Waals surface area (Å²) in [6.07, 6.45) is 3.53. The fourth-order valence-corrected chi connectivity index (χ4v) is 2.78. The van der Waals surface area contributed by atoms with Gasteiger partial charge < -0.3 is 5.73 Å². The number of nitrogens with two attached hydrogens (primary N) is 1. The van der Waals surface area contributed by atoms with Gasteiger partial charge >= 0.3 is 0 Å². The maximum Gasteiger partial charge on any atom is 0.0629 e. The molecule has 10 heavy (non-hydrogen) atoms. The summed E-state index contributed by atoms with van der Waals surface area (Å²) >= 11 is 1.86. The van der Waals surface area contributed by atoms with Gasteiger partial charge in [0.25, 0.3) is 0 Å². The van der Waals surface area contributed by atoms with Crippen molar-refractivity contribution in [3.8, 4) is 0 Å². The lowest BCUT2D eigenvalue weighted by atomic mass is 9.92. The lowest BCUT2D eigenvalue weighted by molar-refractivity contribution is 0.412. The highest BCUT2D eigenvalue weighted by atomic mass is 32.2. The zero-order valence-electron chi connectivity index (χ0n) is 5.86. The van der Waals surface area contributed by atoms with Crippen LogP contribution in [0, 0.1) is 0 Å². The lowest BCUT2D eigenvalue weighted by Crippen LogP contribution is -2.35. The van der Waals surface area contributed by atoms with Crippen molar-refractivity contribution in [3.63, 3.8) is 0 Å². The Balaban J connectivity index is 2.01. The van der Waals surface area contributed by atoms with Crippen molar-refractivity contribution in [2.45, 2.75) is 36.6 Å². The van der Waals surface area contributed by atoms with Crippen LogP contribution in [0.3, 0.4) is 0 Å². The number of rotatable bonds is 0. The molecular weight excluding hydrogens is 144 g/mol. The van der Waals surface area contributed by atoms with Gasteiger partial charge in [-0.3, -0.25) is 4.99 Å². The maximum absolute atomic E-state index is 5.82. The van der Waals surface area contributed by atoms with Crippen molar-refractivity contribution in [2.24, 2.45) is 10.7 Å². The van der Waals surface area contributed by atoms with Crippen molar-refractivity contribution < 1.29 is 0 Å². The Morgan fingerprint density at radius 1 is 1.50 bits per heavy atom. The molecule has 56 valence electrons. The third-order valence-corrected chi connectivity index (χ3v) is 3.39. The third-order valence-electron chi connectivity index (χ3n) is 2.29. The van der Waals surface area contributed by atoms with Crippen LogP contribution in [0.25, 0.3) is 0 Å². The van der Waals surface area contributed by atoms with Crippen LogP contribution < -0.4 is 5.73 Å². The predicted octanol–water partition coefficient (Wildman–Crippen LogP) is 1.01. The molecular formula is C7H12N2S. The minimum atomic E-state index is 0.440. The molecule has 1 heterocycles. The fraction of sp³-hybridized carbons (Fsp3) is 0.857. The van der Waals surface area contributed by atoms with E-state index in [0.29, 0.717) is 17.3 Å². The third kappa shape index (κ3) is 1.08. The Morgan fingerprint density at radius 2 is 2.40 bits per heavy atom. The molecule has 0 aromatic rings. The monoisotopic (exact) mass is 156 g/mol. The minimum Gasteiger partial charge on any atom is -0.328 e. The normalized spacial score (nSPS) is 45.5. The Labute approximate surface area is 65.3 Å². The molecule has 1 fully saturated rings. The minimum absolute atomic E-state index is 0.440. The molecule has 0 radical (unpaired) electrons. The molecule has 0 aromatic carbocycles. The number of fused-ring (bicyclic) bond motifs is 1. The van der Waals surface area contributed by atoms with E-state index in [1.165, 1.54) is 12.8 Å². The lowest BCUT2D eigenvalue weighted by Gasteiger charge is -2.27. The van der Waals surface area contributed by atoms with Gasteiger partial charge in [0.1, 0.15) is 0 Å². The SMILES string of the molecule is NC1CCC2N=CSC2C1. The molecule has 0 aromatic heterocycles. The second-order valence-corrected chi connectivity index (χ2v) is 4.16. The van der Waals surface area contributed by atoms with E-state index in [9.17, 15) is 0 Å². The van der Waals surface area contributed by atoms with Gasteiger partial charge in [0, 0.05) is 11.3 Å². The first-order valence-electron chi connectivity index (χ1n) is 3.79. The van der Waals surface area contributed by atoms with Crippen LogP contribution in [0.4, 0.5) is 0 Å². The highest BCUT2D eigenvalue weighted by Crippen LogP contribution is 2.33. The zero-order chi connectivity index (χ0) is 6.97. The van der Waals surface area contributed by atoms with Crippen LogP contribution in [0.1, 0.15) is 19.3 Å². The predicted molar refractivity (Wildman–Crippen MR) is 45.5 cm³/mol. The van der Waals surface area contributed by atoms with E-state index < -0.39 is 0 Å². The second kappa shape index (κ2) is 2.55. The highest BCUT2D eigenvalue weighted by molar-refractivity contribution is 8.12. The molecule has 1 aliphatic carbocycles. The van der Waals surface area contributed by atoms with E-state index in [0.717, 1.165) is 6.42 Å². The van der Waals surface area contributed by atoms with Gasteiger partial charge in [-0.25, -0.2) is 0 Å². The van der Waals surface area contributed by atoms with Crippen molar-refractivity contribution in [3.05, 3.63) is 0 Å². The van der Waals surface area contributed by atoms with Gasteiger partial charge in [-0.1, -0.05) is 0 Å². The largest absolute Gasteiger partial charge is 0.328 e. The fourth-order valence-electron chi connectivity index (χ4n) is 1.65. The zero-order valence-corrected chi connectivity index (χ0v) is 6.68. The van der Waals surface area contributed by atoms with Crippen LogP contribution in [-0.2, 0) is 0 Å². The molecule has 2 aliphatic rings. The number of hydrogen-bond acceptors (Lipinski definition) is 3. The molecule has 3 atom stereocenters. The van der Waals surface area contributed by atoms with Gasteiger partial charge in [0.05, 0.1) is 11.6 Å². The molecule has 0 spiro atoms. The maximum atomic E-state index is 5.82. The van der Waals surface area contributed by atoms with Crippen molar-refractivity contribution in [1.82, 2.24) is 0 Å². The standard InChI is InChI=1S/C7H12N2S/c8-5-1-2-6-7(3-5)10-4-9-6/h4-7H,1-3,8H2. The summed E-state index contributed by atoms with van der Waals surface area (Å²) in [6.45, 7) is 0. The second-order valence-electron chi connectivity index (χ2n) is 3.07. The van der Waals surface area contributed by atoms with Gasteiger partial charge in [0.2, 0.25) is 0 Å². The van der Waals surface area contributed by atoms with Crippen molar-refractivity contribution in [2.75, 3.05) is 0 Å². The quantitative estimate of drug-likeness (QED) is 0.568. The van der Waals surface area contributed by atoms with E-state index in [1.54, 1.807) is 0 Å². The first-order valence-corrected chi connectivity index (χ1v) is 4.73. The van der Waals surface area contributed by atoms with Crippen LogP contribution in [0.15, 0.2) is 4.99 Å². The molecule has 0 saturated heterocycles. The Kier molecular flexibility index (Phi) is 1.70. The molecule has 1 saturated carbocycles. The van der Waals surface area contributed by atoms with Crippen LogP contribution in [-0.4, -0.2) is 22.9 Å². The number of aliphatic imine (C=N–C) groups is 1. The summed E-state index contributed by atoms with van der Waals surface area (Å²) in [5.74, 6) is 0. The van der Waals surface area contributed by atoms with E-state index >= 15 is 0 Å². The molecule has 2 nitrogen and oxygen atoms in total. The molecule has 2 N–H and O–H groups in total. The van der Waals surface area contributed by atoms with Crippen molar-refractivity contribution >= 4 is 17.3 Å². The topological polar surface area (TPSA) is 38.4 Å². The van der Waals surface area contributed by atoms with Crippen molar-refractivity contribution in [1.29, 1.82) is 0 Å². The van der Waals surface area contributed by atoms with Gasteiger partial charge in [-0.05, 0) is 19.3 Å². The highest BCUT2D eigenvalue weighted by Gasteiger charge is 2.30. The average molecular weight is 156 g/mol. The number of hydrogen-bond donors (Lipinski definition) is 1. The average Bonchev–Trinajstić information content (AvgIpc) is 2.33. The van der Waals surface area contributed by atoms with E-state index in [-0.39, 0.29) is 0 Å². The van der Waals surface area contributed by atoms with Gasteiger partial charge in [-0.2, -0.15) is 0 Å². The Bertz CT molecular complexity index is 158.